The van der Waals surface area contributed by atoms with Crippen LogP contribution in [0, 0.1) is 13.8 Å². The molecule has 2 aromatic heterocycles. The van der Waals surface area contributed by atoms with Gasteiger partial charge in [0.15, 0.2) is 0 Å². The van der Waals surface area contributed by atoms with Gasteiger partial charge in [-0.2, -0.15) is 10.2 Å². The number of nitrogens with one attached hydrogen (secondary N) is 2. The summed E-state index contributed by atoms with van der Waals surface area (Å²) in [7, 11) is 0. The van der Waals surface area contributed by atoms with Crippen molar-refractivity contribution in [2.24, 2.45) is 0 Å². The second-order valence-corrected chi connectivity index (χ2v) is 6.84. The summed E-state index contributed by atoms with van der Waals surface area (Å²) in [6.07, 6.45) is 3.14. The molecule has 2 heterocycles. The van der Waals surface area contributed by atoms with Gasteiger partial charge in [0.05, 0.1) is 28.8 Å². The zero-order chi connectivity index (χ0) is 19.6. The molecule has 0 fully saturated rings. The van der Waals surface area contributed by atoms with Gasteiger partial charge in [0.2, 0.25) is 0 Å². The molecule has 2 amide bonds. The van der Waals surface area contributed by atoms with E-state index in [-0.39, 0.29) is 18.1 Å². The van der Waals surface area contributed by atoms with Gasteiger partial charge in [-0.25, -0.2) is 14.5 Å². The fourth-order valence-electron chi connectivity index (χ4n) is 3.03. The number of anilines is 1. The molecule has 0 radical (unpaired) electrons. The second-order valence-electron chi connectivity index (χ2n) is 6.84. The molecule has 3 aromatic rings. The molecule has 3 rings (SSSR count). The molecular formula is C19H25N7O. The van der Waals surface area contributed by atoms with Crippen molar-refractivity contribution < 1.29 is 4.79 Å². The van der Waals surface area contributed by atoms with Crippen LogP contribution in [0.2, 0.25) is 0 Å². The average molecular weight is 367 g/mol. The molecule has 1 unspecified atom stereocenters. The molecule has 2 N–H and O–H groups in total. The first-order valence-corrected chi connectivity index (χ1v) is 8.95. The maximum Gasteiger partial charge on any atom is 0.319 e. The lowest BCUT2D eigenvalue weighted by Gasteiger charge is -2.16. The quantitative estimate of drug-likeness (QED) is 0.722. The minimum absolute atomic E-state index is 0.143. The zero-order valence-electron chi connectivity index (χ0n) is 16.3. The summed E-state index contributed by atoms with van der Waals surface area (Å²) in [5.41, 5.74) is 4.43. The Morgan fingerprint density at radius 2 is 1.81 bits per heavy atom. The van der Waals surface area contributed by atoms with Crippen molar-refractivity contribution in [3.63, 3.8) is 0 Å². The normalized spacial score (nSPS) is 12.2. The number of aryl methyl sites for hydroxylation is 1. The summed E-state index contributed by atoms with van der Waals surface area (Å²) in [5.74, 6) is 0. The third kappa shape index (κ3) is 3.99. The lowest BCUT2D eigenvalue weighted by Crippen LogP contribution is -2.31. The number of benzene rings is 1. The van der Waals surface area contributed by atoms with Crippen molar-refractivity contribution in [1.29, 1.82) is 0 Å². The van der Waals surface area contributed by atoms with Gasteiger partial charge in [-0.3, -0.25) is 4.68 Å². The van der Waals surface area contributed by atoms with Gasteiger partial charge in [0.25, 0.3) is 0 Å². The van der Waals surface area contributed by atoms with Crippen LogP contribution in [-0.2, 0) is 0 Å². The molecule has 1 atom stereocenters. The van der Waals surface area contributed by atoms with Crippen LogP contribution in [0.25, 0.3) is 5.69 Å². The van der Waals surface area contributed by atoms with E-state index in [9.17, 15) is 4.79 Å². The van der Waals surface area contributed by atoms with Crippen LogP contribution in [0.4, 0.5) is 10.5 Å². The molecule has 0 saturated heterocycles. The van der Waals surface area contributed by atoms with E-state index >= 15 is 0 Å². The summed E-state index contributed by atoms with van der Waals surface area (Å²) < 4.78 is 3.60. The topological polar surface area (TPSA) is 89.7 Å². The van der Waals surface area contributed by atoms with Crippen LogP contribution in [0.15, 0.2) is 36.9 Å². The first-order valence-electron chi connectivity index (χ1n) is 8.95. The summed E-state index contributed by atoms with van der Waals surface area (Å²) >= 11 is 0. The van der Waals surface area contributed by atoms with Crippen molar-refractivity contribution in [2.45, 2.75) is 46.7 Å². The Hall–Kier alpha value is -3.16. The Labute approximate surface area is 158 Å². The standard InChI is InChI=1S/C19H25N7O/c1-12(2)26-15(5)18(14(4)24-26)23-19(27)22-13(3)16-6-8-17(9-7-16)25-11-20-10-21-25/h6-13H,1-5H3,(H2,22,23,27). The van der Waals surface area contributed by atoms with Gasteiger partial charge in [0.1, 0.15) is 12.7 Å². The van der Waals surface area contributed by atoms with E-state index in [0.29, 0.717) is 0 Å². The van der Waals surface area contributed by atoms with E-state index in [2.05, 4.69) is 39.7 Å². The molecule has 1 aromatic carbocycles. The van der Waals surface area contributed by atoms with Crippen LogP contribution < -0.4 is 10.6 Å². The lowest BCUT2D eigenvalue weighted by molar-refractivity contribution is 0.249. The van der Waals surface area contributed by atoms with Crippen molar-refractivity contribution in [2.75, 3.05) is 5.32 Å². The zero-order valence-corrected chi connectivity index (χ0v) is 16.3. The van der Waals surface area contributed by atoms with Gasteiger partial charge < -0.3 is 10.6 Å². The highest BCUT2D eigenvalue weighted by Crippen LogP contribution is 2.22. The summed E-state index contributed by atoms with van der Waals surface area (Å²) in [6.45, 7) is 9.93. The van der Waals surface area contributed by atoms with E-state index < -0.39 is 0 Å². The molecule has 0 spiro atoms. The van der Waals surface area contributed by atoms with Gasteiger partial charge in [0, 0.05) is 6.04 Å². The third-order valence-corrected chi connectivity index (χ3v) is 4.48. The Bertz CT molecular complexity index is 910. The summed E-state index contributed by atoms with van der Waals surface area (Å²) in [6, 6.07) is 7.67. The van der Waals surface area contributed by atoms with Crippen LogP contribution >= 0.6 is 0 Å². The third-order valence-electron chi connectivity index (χ3n) is 4.48. The molecule has 8 nitrogen and oxygen atoms in total. The minimum Gasteiger partial charge on any atom is -0.331 e. The Morgan fingerprint density at radius 3 is 2.37 bits per heavy atom. The Morgan fingerprint density at radius 1 is 1.11 bits per heavy atom. The van der Waals surface area contributed by atoms with Crippen LogP contribution in [0.1, 0.15) is 49.8 Å². The first kappa shape index (κ1) is 18.6. The second kappa shape index (κ2) is 7.61. The van der Waals surface area contributed by atoms with Crippen LogP contribution in [0.5, 0.6) is 0 Å². The predicted molar refractivity (Wildman–Crippen MR) is 104 cm³/mol. The van der Waals surface area contributed by atoms with Gasteiger partial charge in [-0.05, 0) is 52.3 Å². The maximum atomic E-state index is 12.5. The fourth-order valence-corrected chi connectivity index (χ4v) is 3.03. The molecule has 27 heavy (non-hydrogen) atoms. The van der Waals surface area contributed by atoms with E-state index in [1.807, 2.05) is 49.7 Å². The van der Waals surface area contributed by atoms with Crippen molar-refractivity contribution in [3.8, 4) is 5.69 Å². The van der Waals surface area contributed by atoms with E-state index in [1.165, 1.54) is 6.33 Å². The van der Waals surface area contributed by atoms with Crippen molar-refractivity contribution in [1.82, 2.24) is 29.9 Å². The molecule has 0 aliphatic carbocycles. The lowest BCUT2D eigenvalue weighted by atomic mass is 10.1. The highest BCUT2D eigenvalue weighted by atomic mass is 16.2. The van der Waals surface area contributed by atoms with Crippen LogP contribution in [-0.4, -0.2) is 30.6 Å². The minimum atomic E-state index is -0.252. The van der Waals surface area contributed by atoms with Gasteiger partial charge >= 0.3 is 6.03 Å². The van der Waals surface area contributed by atoms with Crippen LogP contribution in [0.3, 0.4) is 0 Å². The number of rotatable bonds is 5. The molecule has 0 saturated carbocycles. The fraction of sp³-hybridized carbons (Fsp3) is 0.368. The number of hydrogen-bond donors (Lipinski definition) is 2. The number of nitrogens with zero attached hydrogens (tertiary/aromatic N) is 5. The summed E-state index contributed by atoms with van der Waals surface area (Å²) in [5, 5.41) is 14.5. The molecule has 8 heteroatoms. The van der Waals surface area contributed by atoms with E-state index in [0.717, 1.165) is 28.3 Å². The summed E-state index contributed by atoms with van der Waals surface area (Å²) in [4.78, 5) is 16.4. The SMILES string of the molecule is Cc1nn(C(C)C)c(C)c1NC(=O)NC(C)c1ccc(-n2cncn2)cc1. The largest absolute Gasteiger partial charge is 0.331 e. The molecule has 142 valence electrons. The highest BCUT2D eigenvalue weighted by Gasteiger charge is 2.17. The number of urea groups is 1. The van der Waals surface area contributed by atoms with E-state index in [1.54, 1.807) is 11.0 Å². The van der Waals surface area contributed by atoms with Crippen molar-refractivity contribution >= 4 is 11.7 Å². The monoisotopic (exact) mass is 367 g/mol. The molecule has 0 aliphatic heterocycles. The smallest absolute Gasteiger partial charge is 0.319 e. The average Bonchev–Trinajstić information content (AvgIpc) is 3.26. The van der Waals surface area contributed by atoms with Gasteiger partial charge in [-0.1, -0.05) is 12.1 Å². The predicted octanol–water partition coefficient (Wildman–Crippen LogP) is 3.54. The number of hydrogen-bond acceptors (Lipinski definition) is 4. The maximum absolute atomic E-state index is 12.5. The number of amides is 2. The first-order chi connectivity index (χ1) is 12.9. The van der Waals surface area contributed by atoms with Gasteiger partial charge in [-0.15, -0.1) is 0 Å². The molecule has 0 bridgehead atoms. The number of aromatic nitrogens is 5. The number of carbonyl (C=O) groups excluding carboxylic acids is 1. The highest BCUT2D eigenvalue weighted by molar-refractivity contribution is 5.90. The number of carbonyl (C=O) groups is 1. The van der Waals surface area contributed by atoms with E-state index in [4.69, 9.17) is 0 Å². The molecule has 0 aliphatic rings. The van der Waals surface area contributed by atoms with Crippen molar-refractivity contribution in [3.05, 3.63) is 53.9 Å². The Balaban J connectivity index is 1.66. The Kier molecular flexibility index (Phi) is 5.25. The molecular weight excluding hydrogens is 342 g/mol.